The van der Waals surface area contributed by atoms with Gasteiger partial charge in [-0.05, 0) is 63.6 Å². The number of amides is 1. The summed E-state index contributed by atoms with van der Waals surface area (Å²) in [6.07, 6.45) is 3.19. The van der Waals surface area contributed by atoms with Crippen LogP contribution in [0.3, 0.4) is 0 Å². The van der Waals surface area contributed by atoms with Gasteiger partial charge in [0.05, 0.1) is 0 Å². The predicted molar refractivity (Wildman–Crippen MR) is 91.3 cm³/mol. The fourth-order valence-electron chi connectivity index (χ4n) is 2.90. The number of rotatable bonds is 3. The van der Waals surface area contributed by atoms with Gasteiger partial charge in [-0.15, -0.1) is 0 Å². The highest BCUT2D eigenvalue weighted by Crippen LogP contribution is 2.38. The number of ether oxygens (including phenoxy) is 1. The van der Waals surface area contributed by atoms with Crippen LogP contribution in [0.15, 0.2) is 24.3 Å². The molecule has 122 valence electrons. The Morgan fingerprint density at radius 2 is 1.95 bits per heavy atom. The molecule has 2 N–H and O–H groups in total. The van der Waals surface area contributed by atoms with E-state index in [0.717, 1.165) is 11.4 Å². The van der Waals surface area contributed by atoms with E-state index in [1.165, 1.54) is 19.3 Å². The molecule has 0 aliphatic heterocycles. The molecule has 1 aliphatic rings. The van der Waals surface area contributed by atoms with E-state index in [1.807, 2.05) is 45.0 Å². The first-order chi connectivity index (χ1) is 10.1. The lowest BCUT2D eigenvalue weighted by Crippen LogP contribution is -2.27. The zero-order valence-corrected chi connectivity index (χ0v) is 14.3. The van der Waals surface area contributed by atoms with Crippen LogP contribution in [0.5, 0.6) is 0 Å². The molecule has 1 atom stereocenters. The molecule has 1 aromatic carbocycles. The van der Waals surface area contributed by atoms with Gasteiger partial charge in [0.15, 0.2) is 0 Å². The molecule has 0 spiro atoms. The van der Waals surface area contributed by atoms with Crippen molar-refractivity contribution in [1.29, 1.82) is 0 Å². The van der Waals surface area contributed by atoms with Crippen molar-refractivity contribution in [2.75, 3.05) is 10.6 Å². The Hall–Kier alpha value is -1.71. The number of carbonyl (C=O) groups is 1. The highest BCUT2D eigenvalue weighted by atomic mass is 16.6. The molecule has 1 unspecified atom stereocenters. The maximum Gasteiger partial charge on any atom is 0.412 e. The molecular weight excluding hydrogens is 276 g/mol. The van der Waals surface area contributed by atoms with Gasteiger partial charge < -0.3 is 10.1 Å². The predicted octanol–water partition coefficient (Wildman–Crippen LogP) is 5.02. The van der Waals surface area contributed by atoms with Crippen LogP contribution in [-0.4, -0.2) is 17.7 Å². The molecule has 4 nitrogen and oxygen atoms in total. The number of anilines is 2. The summed E-state index contributed by atoms with van der Waals surface area (Å²) in [5, 5.41) is 6.35. The van der Waals surface area contributed by atoms with Gasteiger partial charge in [0.1, 0.15) is 5.60 Å². The van der Waals surface area contributed by atoms with Crippen LogP contribution in [0, 0.1) is 5.41 Å². The third-order valence-electron chi connectivity index (χ3n) is 3.85. The van der Waals surface area contributed by atoms with Crippen LogP contribution in [-0.2, 0) is 4.74 Å². The maximum atomic E-state index is 11.8. The second-order valence-electron chi connectivity index (χ2n) is 7.96. The quantitative estimate of drug-likeness (QED) is 0.824. The molecule has 2 rings (SSSR count). The molecule has 0 heterocycles. The lowest BCUT2D eigenvalue weighted by atomic mass is 9.92. The lowest BCUT2D eigenvalue weighted by Gasteiger charge is -2.20. The fourth-order valence-corrected chi connectivity index (χ4v) is 2.90. The molecule has 1 fully saturated rings. The monoisotopic (exact) mass is 304 g/mol. The Morgan fingerprint density at radius 3 is 2.55 bits per heavy atom. The van der Waals surface area contributed by atoms with E-state index in [4.69, 9.17) is 4.74 Å². The zero-order valence-electron chi connectivity index (χ0n) is 14.3. The highest BCUT2D eigenvalue weighted by molar-refractivity contribution is 5.85. The minimum absolute atomic E-state index is 0.421. The van der Waals surface area contributed by atoms with E-state index < -0.39 is 11.7 Å². The van der Waals surface area contributed by atoms with Gasteiger partial charge in [-0.3, -0.25) is 5.32 Å². The number of benzene rings is 1. The minimum atomic E-state index is -0.491. The van der Waals surface area contributed by atoms with Gasteiger partial charge in [-0.25, -0.2) is 4.79 Å². The van der Waals surface area contributed by atoms with E-state index >= 15 is 0 Å². The van der Waals surface area contributed by atoms with Gasteiger partial charge in [-0.1, -0.05) is 19.9 Å². The maximum absolute atomic E-state index is 11.8. The van der Waals surface area contributed by atoms with Crippen molar-refractivity contribution in [3.63, 3.8) is 0 Å². The summed E-state index contributed by atoms with van der Waals surface area (Å²) >= 11 is 0. The average molecular weight is 304 g/mol. The molecule has 0 aromatic heterocycles. The summed E-state index contributed by atoms with van der Waals surface area (Å²) in [6.45, 7) is 10.2. The first-order valence-electron chi connectivity index (χ1n) is 8.00. The second-order valence-corrected chi connectivity index (χ2v) is 7.96. The molecule has 1 aromatic rings. The summed E-state index contributed by atoms with van der Waals surface area (Å²) in [7, 11) is 0. The van der Waals surface area contributed by atoms with Crippen molar-refractivity contribution in [1.82, 2.24) is 0 Å². The molecule has 0 bridgehead atoms. The smallest absolute Gasteiger partial charge is 0.412 e. The first kappa shape index (κ1) is 16.7. The molecule has 1 aliphatic carbocycles. The van der Waals surface area contributed by atoms with Crippen LogP contribution in [0.4, 0.5) is 16.2 Å². The van der Waals surface area contributed by atoms with Crippen LogP contribution in [0.1, 0.15) is 53.9 Å². The summed E-state index contributed by atoms with van der Waals surface area (Å²) in [6, 6.07) is 8.30. The van der Waals surface area contributed by atoms with Crippen molar-refractivity contribution in [2.45, 2.75) is 65.5 Å². The van der Waals surface area contributed by atoms with Crippen molar-refractivity contribution < 1.29 is 9.53 Å². The van der Waals surface area contributed by atoms with Gasteiger partial charge in [-0.2, -0.15) is 0 Å². The fraction of sp³-hybridized carbons (Fsp3) is 0.611. The third kappa shape index (κ3) is 5.24. The third-order valence-corrected chi connectivity index (χ3v) is 3.85. The molecular formula is C18H28N2O2. The molecule has 0 radical (unpaired) electrons. The molecule has 4 heteroatoms. The summed E-state index contributed by atoms with van der Waals surface area (Å²) < 4.78 is 5.27. The van der Waals surface area contributed by atoms with E-state index in [-0.39, 0.29) is 0 Å². The molecule has 1 saturated carbocycles. The number of hydrogen-bond acceptors (Lipinski definition) is 3. The Labute approximate surface area is 133 Å². The molecule has 0 saturated heterocycles. The largest absolute Gasteiger partial charge is 0.444 e. The molecule has 1 amide bonds. The Kier molecular flexibility index (Phi) is 4.69. The van der Waals surface area contributed by atoms with Gasteiger partial charge >= 0.3 is 6.09 Å². The van der Waals surface area contributed by atoms with Crippen molar-refractivity contribution >= 4 is 17.5 Å². The van der Waals surface area contributed by atoms with E-state index in [9.17, 15) is 4.79 Å². The standard InChI is InChI=1S/C18H28N2O2/c1-17(2,3)22-16(21)20-14-8-6-7-13(11-14)19-15-9-10-18(4,5)12-15/h6-8,11,15,19H,9-10,12H2,1-5H3,(H,20,21). The SMILES string of the molecule is CC1(C)CCC(Nc2cccc(NC(=O)OC(C)(C)C)c2)C1. The Bertz CT molecular complexity index is 532. The van der Waals surface area contributed by atoms with Crippen molar-refractivity contribution in [2.24, 2.45) is 5.41 Å². The summed E-state index contributed by atoms with van der Waals surface area (Å²) in [4.78, 5) is 11.8. The average Bonchev–Trinajstić information content (AvgIpc) is 2.66. The summed E-state index contributed by atoms with van der Waals surface area (Å²) in [5.41, 5.74) is 1.71. The summed E-state index contributed by atoms with van der Waals surface area (Å²) in [5.74, 6) is 0. The zero-order chi connectivity index (χ0) is 16.4. The number of carbonyl (C=O) groups excluding carboxylic acids is 1. The van der Waals surface area contributed by atoms with Crippen LogP contribution < -0.4 is 10.6 Å². The van der Waals surface area contributed by atoms with Gasteiger partial charge in [0.2, 0.25) is 0 Å². The van der Waals surface area contributed by atoms with E-state index in [2.05, 4.69) is 24.5 Å². The van der Waals surface area contributed by atoms with Crippen molar-refractivity contribution in [3.8, 4) is 0 Å². The van der Waals surface area contributed by atoms with Crippen LogP contribution in [0.2, 0.25) is 0 Å². The number of nitrogens with one attached hydrogen (secondary N) is 2. The van der Waals surface area contributed by atoms with Crippen molar-refractivity contribution in [3.05, 3.63) is 24.3 Å². The van der Waals surface area contributed by atoms with Gasteiger partial charge in [0, 0.05) is 17.4 Å². The van der Waals surface area contributed by atoms with E-state index in [1.54, 1.807) is 0 Å². The van der Waals surface area contributed by atoms with Gasteiger partial charge in [0.25, 0.3) is 0 Å². The van der Waals surface area contributed by atoms with E-state index in [0.29, 0.717) is 11.5 Å². The minimum Gasteiger partial charge on any atom is -0.444 e. The highest BCUT2D eigenvalue weighted by Gasteiger charge is 2.30. The number of hydrogen-bond donors (Lipinski definition) is 2. The topological polar surface area (TPSA) is 50.4 Å². The Balaban J connectivity index is 1.94. The molecule has 22 heavy (non-hydrogen) atoms. The van der Waals surface area contributed by atoms with Crippen LogP contribution >= 0.6 is 0 Å². The Morgan fingerprint density at radius 1 is 1.27 bits per heavy atom. The first-order valence-corrected chi connectivity index (χ1v) is 8.00. The second kappa shape index (κ2) is 6.19. The van der Waals surface area contributed by atoms with Crippen LogP contribution in [0.25, 0.3) is 0 Å². The lowest BCUT2D eigenvalue weighted by molar-refractivity contribution is 0.0636. The normalized spacial score (nSPS) is 20.5.